The van der Waals surface area contributed by atoms with Crippen molar-refractivity contribution in [3.8, 4) is 17.2 Å². The summed E-state index contributed by atoms with van der Waals surface area (Å²) in [6.45, 7) is 5.62. The number of hydrogen-bond donors (Lipinski definition) is 2. The summed E-state index contributed by atoms with van der Waals surface area (Å²) in [5, 5.41) is 7.06. The van der Waals surface area contributed by atoms with Crippen LogP contribution < -0.4 is 25.0 Å². The molecule has 0 radical (unpaired) electrons. The molecule has 2 N–H and O–H groups in total. The number of thiocarbonyl (C=S) groups is 1. The summed E-state index contributed by atoms with van der Waals surface area (Å²) in [4.78, 5) is 19.4. The lowest BCUT2D eigenvalue weighted by molar-refractivity contribution is -0.123. The number of benzene rings is 2. The molecule has 0 spiro atoms. The summed E-state index contributed by atoms with van der Waals surface area (Å²) in [7, 11) is 3.25. The van der Waals surface area contributed by atoms with Crippen LogP contribution in [0.2, 0.25) is 0 Å². The van der Waals surface area contributed by atoms with Gasteiger partial charge in [0.05, 0.1) is 31.6 Å². The Morgan fingerprint density at radius 1 is 0.975 bits per heavy atom. The molecule has 3 heterocycles. The molecule has 1 aliphatic rings. The van der Waals surface area contributed by atoms with Gasteiger partial charge in [0.25, 0.3) is 0 Å². The van der Waals surface area contributed by atoms with Crippen molar-refractivity contribution in [2.24, 2.45) is 5.41 Å². The van der Waals surface area contributed by atoms with Gasteiger partial charge in [-0.2, -0.15) is 0 Å². The Kier molecular flexibility index (Phi) is 7.49. The van der Waals surface area contributed by atoms with E-state index in [0.29, 0.717) is 16.5 Å². The Morgan fingerprint density at radius 3 is 2.50 bits per heavy atom. The van der Waals surface area contributed by atoms with Crippen LogP contribution >= 0.6 is 12.2 Å². The van der Waals surface area contributed by atoms with E-state index < -0.39 is 5.41 Å². The van der Waals surface area contributed by atoms with Crippen LogP contribution in [-0.2, 0) is 4.79 Å². The van der Waals surface area contributed by atoms with Crippen molar-refractivity contribution < 1.29 is 14.3 Å². The lowest BCUT2D eigenvalue weighted by Gasteiger charge is -2.29. The number of hydrogen-bond acceptors (Lipinski definition) is 5. The van der Waals surface area contributed by atoms with Gasteiger partial charge in [-0.1, -0.05) is 32.9 Å². The molecule has 8 nitrogen and oxygen atoms in total. The highest BCUT2D eigenvalue weighted by molar-refractivity contribution is 7.80. The molecule has 1 fully saturated rings. The van der Waals surface area contributed by atoms with Gasteiger partial charge in [-0.15, -0.1) is 0 Å². The minimum absolute atomic E-state index is 0.0962. The second-order valence-electron chi connectivity index (χ2n) is 10.6. The Bertz CT molecular complexity index is 1530. The fourth-order valence-corrected chi connectivity index (χ4v) is 5.15. The van der Waals surface area contributed by atoms with Gasteiger partial charge in [0.15, 0.2) is 5.11 Å². The molecule has 1 aliphatic heterocycles. The molecular formula is C31H33N5O3S. The summed E-state index contributed by atoms with van der Waals surface area (Å²) < 4.78 is 13.3. The molecule has 1 amide bonds. The van der Waals surface area contributed by atoms with E-state index in [2.05, 4.69) is 31.2 Å². The Morgan fingerprint density at radius 2 is 1.80 bits per heavy atom. The third kappa shape index (κ3) is 5.24. The smallest absolute Gasteiger partial charge is 0.229 e. The van der Waals surface area contributed by atoms with Crippen molar-refractivity contribution in [3.05, 3.63) is 96.6 Å². The first-order valence-electron chi connectivity index (χ1n) is 13.0. The van der Waals surface area contributed by atoms with Crippen molar-refractivity contribution in [2.45, 2.75) is 32.9 Å². The summed E-state index contributed by atoms with van der Waals surface area (Å²) in [5.41, 5.74) is 3.73. The zero-order valence-corrected chi connectivity index (χ0v) is 24.0. The average Bonchev–Trinajstić information content (AvgIpc) is 3.57. The fourth-order valence-electron chi connectivity index (χ4n) is 4.81. The van der Waals surface area contributed by atoms with E-state index in [1.54, 1.807) is 20.4 Å². The number of rotatable bonds is 7. The maximum Gasteiger partial charge on any atom is 0.229 e. The molecule has 0 bridgehead atoms. The number of methoxy groups -OCH3 is 2. The highest BCUT2D eigenvalue weighted by atomic mass is 32.1. The van der Waals surface area contributed by atoms with Gasteiger partial charge in [-0.3, -0.25) is 9.78 Å². The highest BCUT2D eigenvalue weighted by Gasteiger charge is 2.42. The first kappa shape index (κ1) is 27.2. The number of aromatic nitrogens is 2. The predicted molar refractivity (Wildman–Crippen MR) is 161 cm³/mol. The number of amides is 1. The molecule has 0 unspecified atom stereocenters. The van der Waals surface area contributed by atoms with Crippen molar-refractivity contribution in [3.63, 3.8) is 0 Å². The minimum atomic E-state index is -0.545. The lowest BCUT2D eigenvalue weighted by Crippen LogP contribution is -2.30. The molecular weight excluding hydrogens is 522 g/mol. The van der Waals surface area contributed by atoms with Crippen molar-refractivity contribution in [2.75, 3.05) is 24.4 Å². The van der Waals surface area contributed by atoms with Crippen molar-refractivity contribution >= 4 is 34.6 Å². The van der Waals surface area contributed by atoms with E-state index in [0.717, 1.165) is 28.5 Å². The zero-order chi connectivity index (χ0) is 28.4. The molecule has 2 aromatic heterocycles. The molecule has 40 heavy (non-hydrogen) atoms. The Hall–Kier alpha value is -4.37. The van der Waals surface area contributed by atoms with Gasteiger partial charge in [-0.05, 0) is 60.7 Å². The van der Waals surface area contributed by atoms with Gasteiger partial charge in [0.2, 0.25) is 5.91 Å². The lowest BCUT2D eigenvalue weighted by atomic mass is 9.95. The van der Waals surface area contributed by atoms with Crippen LogP contribution in [-0.4, -0.2) is 34.8 Å². The third-order valence-electron chi connectivity index (χ3n) is 6.91. The Labute approximate surface area is 239 Å². The van der Waals surface area contributed by atoms with Crippen LogP contribution in [0, 0.1) is 5.41 Å². The summed E-state index contributed by atoms with van der Waals surface area (Å²) in [5.74, 6) is 1.22. The number of ether oxygens (including phenoxy) is 2. The molecule has 9 heteroatoms. The fraction of sp³-hybridized carbons (Fsp3) is 0.258. The summed E-state index contributed by atoms with van der Waals surface area (Å²) in [6.07, 6.45) is 3.82. The van der Waals surface area contributed by atoms with Gasteiger partial charge in [0.1, 0.15) is 17.5 Å². The minimum Gasteiger partial charge on any atom is -0.497 e. The van der Waals surface area contributed by atoms with Crippen LogP contribution in [0.3, 0.4) is 0 Å². The van der Waals surface area contributed by atoms with Gasteiger partial charge < -0.3 is 29.6 Å². The van der Waals surface area contributed by atoms with E-state index in [4.69, 9.17) is 21.7 Å². The number of carbonyl (C=O) groups is 1. The van der Waals surface area contributed by atoms with Crippen LogP contribution in [0.5, 0.6) is 11.5 Å². The molecule has 4 aromatic rings. The molecule has 206 valence electrons. The molecule has 2 atom stereocenters. The Balaban J connectivity index is 1.61. The topological polar surface area (TPSA) is 80.7 Å². The summed E-state index contributed by atoms with van der Waals surface area (Å²) in [6, 6.07) is 23.2. The largest absolute Gasteiger partial charge is 0.497 e. The maximum atomic E-state index is 12.7. The van der Waals surface area contributed by atoms with Gasteiger partial charge in [0, 0.05) is 47.0 Å². The normalized spacial score (nSPS) is 16.9. The SMILES string of the molecule is COc1cccc(-n2cccc2[C@H]2[C@@H](c3ccccn3)NC(=S)N2c2ccc(NC(=O)C(C)(C)C)c(OC)c2)c1. The van der Waals surface area contributed by atoms with Gasteiger partial charge in [-0.25, -0.2) is 0 Å². The second kappa shape index (κ2) is 11.0. The average molecular weight is 556 g/mol. The highest BCUT2D eigenvalue weighted by Crippen LogP contribution is 2.44. The molecule has 0 saturated carbocycles. The predicted octanol–water partition coefficient (Wildman–Crippen LogP) is 6.05. The van der Waals surface area contributed by atoms with Crippen LogP contribution in [0.25, 0.3) is 5.69 Å². The van der Waals surface area contributed by atoms with E-state index in [-0.39, 0.29) is 18.0 Å². The monoisotopic (exact) mass is 555 g/mol. The summed E-state index contributed by atoms with van der Waals surface area (Å²) >= 11 is 5.93. The van der Waals surface area contributed by atoms with E-state index in [1.807, 2.05) is 93.7 Å². The van der Waals surface area contributed by atoms with E-state index in [1.165, 1.54) is 0 Å². The maximum absolute atomic E-state index is 12.7. The first-order chi connectivity index (χ1) is 19.2. The molecule has 1 saturated heterocycles. The third-order valence-corrected chi connectivity index (χ3v) is 7.22. The standard InChI is InChI=1S/C31H33N5O3S/c1-31(2,3)29(37)33-23-15-14-21(19-26(23)39-5)36-28(27(34-30(36)40)24-12-6-7-16-32-24)25-13-9-17-35(25)20-10-8-11-22(18-20)38-4/h6-19,27-28H,1-5H3,(H,33,37)(H,34,40)/t27-,28+/m1/s1. The van der Waals surface area contributed by atoms with Crippen LogP contribution in [0.15, 0.2) is 85.2 Å². The number of nitrogens with zero attached hydrogens (tertiary/aromatic N) is 3. The van der Waals surface area contributed by atoms with E-state index in [9.17, 15) is 4.79 Å². The molecule has 0 aliphatic carbocycles. The number of anilines is 2. The van der Waals surface area contributed by atoms with Crippen molar-refractivity contribution in [1.29, 1.82) is 0 Å². The number of nitrogens with one attached hydrogen (secondary N) is 2. The zero-order valence-electron chi connectivity index (χ0n) is 23.2. The second-order valence-corrected chi connectivity index (χ2v) is 11.0. The van der Waals surface area contributed by atoms with Crippen molar-refractivity contribution in [1.82, 2.24) is 14.9 Å². The quantitative estimate of drug-likeness (QED) is 0.269. The number of pyridine rings is 1. The van der Waals surface area contributed by atoms with Crippen LogP contribution in [0.1, 0.15) is 44.2 Å². The molecule has 2 aromatic carbocycles. The first-order valence-corrected chi connectivity index (χ1v) is 13.4. The number of carbonyl (C=O) groups excluding carboxylic acids is 1. The molecule has 5 rings (SSSR count). The van der Waals surface area contributed by atoms with Gasteiger partial charge >= 0.3 is 0 Å². The van der Waals surface area contributed by atoms with Crippen LogP contribution in [0.4, 0.5) is 11.4 Å². The van der Waals surface area contributed by atoms with E-state index >= 15 is 0 Å².